The molecule has 0 bridgehead atoms. The number of amides is 4. The molecule has 0 radical (unpaired) electrons. The molecule has 3 atom stereocenters. The first-order chi connectivity index (χ1) is 35.6. The van der Waals surface area contributed by atoms with Gasteiger partial charge in [-0.15, -0.1) is 22.9 Å². The van der Waals surface area contributed by atoms with E-state index in [0.717, 1.165) is 55.3 Å². The van der Waals surface area contributed by atoms with Gasteiger partial charge in [-0.1, -0.05) is 81.4 Å². The molecule has 394 valence electrons. The predicted molar refractivity (Wildman–Crippen MR) is 286 cm³/mol. The highest BCUT2D eigenvalue weighted by Crippen LogP contribution is 2.37. The Morgan fingerprint density at radius 2 is 1.42 bits per heavy atom. The van der Waals surface area contributed by atoms with Crippen molar-refractivity contribution in [3.63, 3.8) is 0 Å². The largest absolute Gasteiger partial charge is 0.508 e. The van der Waals surface area contributed by atoms with Crippen molar-refractivity contribution in [3.05, 3.63) is 131 Å². The summed E-state index contributed by atoms with van der Waals surface area (Å²) in [7, 11) is 0. The molecule has 3 heterocycles. The first-order valence-corrected chi connectivity index (χ1v) is 26.3. The fraction of sp³-hybridized carbons (Fsp3) is 0.411. The summed E-state index contributed by atoms with van der Waals surface area (Å²) in [6.07, 6.45) is -0.229. The number of rotatable bonds is 22. The number of halogens is 1. The van der Waals surface area contributed by atoms with Gasteiger partial charge >= 0.3 is 0 Å². The number of aryl methyl sites for hydroxylation is 1. The fourth-order valence-electron chi connectivity index (χ4n) is 9.06. The summed E-state index contributed by atoms with van der Waals surface area (Å²) >= 11 is 7.87. The third kappa shape index (κ3) is 15.1. The van der Waals surface area contributed by atoms with Crippen LogP contribution in [0.1, 0.15) is 61.6 Å². The molecule has 2 aliphatic heterocycles. The van der Waals surface area contributed by atoms with E-state index in [4.69, 9.17) is 25.8 Å². The summed E-state index contributed by atoms with van der Waals surface area (Å²) in [5.74, 6) is -0.0606. The van der Waals surface area contributed by atoms with E-state index >= 15 is 0 Å². The van der Waals surface area contributed by atoms with Crippen LogP contribution in [0.15, 0.2) is 103 Å². The minimum Gasteiger partial charge on any atom is -0.508 e. The van der Waals surface area contributed by atoms with Crippen molar-refractivity contribution in [3.8, 4) is 27.7 Å². The van der Waals surface area contributed by atoms with Crippen LogP contribution >= 0.6 is 22.9 Å². The number of phenolic OH excluding ortho intramolecular Hbond substituents is 2. The highest BCUT2D eigenvalue weighted by atomic mass is 35.5. The Hall–Kier alpha value is -6.34. The Bertz CT molecular complexity index is 2690. The second-order valence-corrected chi connectivity index (χ2v) is 20.8. The van der Waals surface area contributed by atoms with E-state index in [2.05, 4.69) is 20.5 Å². The first kappa shape index (κ1) is 55.4. The third-order valence-electron chi connectivity index (χ3n) is 13.1. The minimum absolute atomic E-state index is 0.0383. The predicted octanol–water partition coefficient (Wildman–Crippen LogP) is 6.48. The fourth-order valence-corrected chi connectivity index (χ4v) is 10.1. The molecule has 2 fully saturated rings. The van der Waals surface area contributed by atoms with Crippen molar-refractivity contribution in [1.29, 1.82) is 0 Å². The van der Waals surface area contributed by atoms with Crippen LogP contribution in [-0.4, -0.2) is 155 Å². The molecular formula is C56H67ClN6O10S. The maximum Gasteiger partial charge on any atom is 0.248 e. The number of carbonyl (C=O) groups excluding carboxylic acids is 4. The minimum atomic E-state index is -1.00. The Balaban J connectivity index is 0.793. The van der Waals surface area contributed by atoms with E-state index in [-0.39, 0.29) is 69.3 Å². The van der Waals surface area contributed by atoms with E-state index < -0.39 is 35.4 Å². The monoisotopic (exact) mass is 1050 g/mol. The quantitative estimate of drug-likeness (QED) is 0.0287. The maximum absolute atomic E-state index is 14.0. The van der Waals surface area contributed by atoms with Crippen LogP contribution in [0.4, 0.5) is 0 Å². The summed E-state index contributed by atoms with van der Waals surface area (Å²) in [6.45, 7) is 10.9. The van der Waals surface area contributed by atoms with Crippen LogP contribution in [0.25, 0.3) is 21.6 Å². The number of aliphatic hydroxyl groups is 1. The second-order valence-electron chi connectivity index (χ2n) is 19.5. The van der Waals surface area contributed by atoms with Crippen molar-refractivity contribution in [2.24, 2.45) is 5.41 Å². The van der Waals surface area contributed by atoms with Crippen molar-refractivity contribution >= 4 is 57.7 Å². The number of nitrogens with zero attached hydrogens (tertiary/aromatic N) is 4. The van der Waals surface area contributed by atoms with Gasteiger partial charge in [0.2, 0.25) is 23.6 Å². The Labute approximate surface area is 441 Å². The van der Waals surface area contributed by atoms with Crippen LogP contribution in [-0.2, 0) is 35.2 Å². The molecule has 1 unspecified atom stereocenters. The van der Waals surface area contributed by atoms with E-state index in [9.17, 15) is 34.5 Å². The number of aliphatic hydroxyl groups excluding tert-OH is 1. The van der Waals surface area contributed by atoms with Gasteiger partial charge in [-0.25, -0.2) is 4.98 Å². The molecule has 2 aliphatic rings. The number of likely N-dealkylation sites (tertiary alicyclic amines) is 1. The molecule has 0 aliphatic carbocycles. The molecule has 4 aromatic carbocycles. The molecule has 0 spiro atoms. The molecule has 5 aromatic rings. The Morgan fingerprint density at radius 1 is 0.811 bits per heavy atom. The number of thiazole rings is 1. The van der Waals surface area contributed by atoms with E-state index in [1.165, 1.54) is 4.90 Å². The summed E-state index contributed by atoms with van der Waals surface area (Å²) in [5.41, 5.74) is 8.73. The zero-order valence-corrected chi connectivity index (χ0v) is 44.0. The molecule has 5 N–H and O–H groups in total. The van der Waals surface area contributed by atoms with E-state index in [1.54, 1.807) is 46.0 Å². The lowest BCUT2D eigenvalue weighted by Crippen LogP contribution is -2.58. The molecular weight excluding hydrogens is 984 g/mol. The molecule has 18 heteroatoms. The van der Waals surface area contributed by atoms with Gasteiger partial charge in [0.1, 0.15) is 49.2 Å². The van der Waals surface area contributed by atoms with Gasteiger partial charge in [0.25, 0.3) is 0 Å². The second kappa shape index (κ2) is 26.2. The van der Waals surface area contributed by atoms with Gasteiger partial charge in [-0.05, 0) is 94.1 Å². The number of benzene rings is 4. The van der Waals surface area contributed by atoms with E-state index in [1.807, 2.05) is 100 Å². The SMILES string of the molecule is Cc1ncsc1-c1ccc(CNC(=O)[C@@H]2C[C@@H](O)CN2C(=O)C(NC(=O)COCCOCC(=O)N2CCN(CCOc3ccc(C(=C(CCCl)c4ccc(O)cc4)c4ccc(O)cc4)cc3)CC2)C(C)(C)C)cc1. The zero-order chi connectivity index (χ0) is 52.8. The van der Waals surface area contributed by atoms with Gasteiger partial charge in [-0.3, -0.25) is 24.1 Å². The number of hydrogen-bond donors (Lipinski definition) is 5. The van der Waals surface area contributed by atoms with Crippen LogP contribution < -0.4 is 15.4 Å². The normalized spacial score (nSPS) is 16.9. The number of hydrogen-bond acceptors (Lipinski definition) is 13. The summed E-state index contributed by atoms with van der Waals surface area (Å²) in [4.78, 5) is 64.3. The van der Waals surface area contributed by atoms with Crippen LogP contribution in [0.2, 0.25) is 0 Å². The average Bonchev–Trinajstić information content (AvgIpc) is 4.01. The van der Waals surface area contributed by atoms with Crippen LogP contribution in [0.5, 0.6) is 17.2 Å². The number of piperazine rings is 1. The molecule has 16 nitrogen and oxygen atoms in total. The van der Waals surface area contributed by atoms with E-state index in [0.29, 0.717) is 51.6 Å². The Kier molecular flexibility index (Phi) is 19.6. The van der Waals surface area contributed by atoms with Crippen molar-refractivity contribution < 1.29 is 48.7 Å². The number of nitrogens with one attached hydrogen (secondary N) is 2. The number of ether oxygens (including phenoxy) is 3. The number of carbonyl (C=O) groups is 4. The number of aromatic hydroxyl groups is 2. The number of allylic oxidation sites excluding steroid dienone is 1. The first-order valence-electron chi connectivity index (χ1n) is 24.9. The topological polar surface area (TPSA) is 203 Å². The molecule has 1 aromatic heterocycles. The van der Waals surface area contributed by atoms with Gasteiger partial charge in [0.05, 0.1) is 35.4 Å². The zero-order valence-electron chi connectivity index (χ0n) is 42.4. The lowest BCUT2D eigenvalue weighted by Gasteiger charge is -2.35. The molecule has 4 amide bonds. The highest BCUT2D eigenvalue weighted by molar-refractivity contribution is 7.13. The molecule has 2 saturated heterocycles. The van der Waals surface area contributed by atoms with Gasteiger partial charge in [0.15, 0.2) is 0 Å². The van der Waals surface area contributed by atoms with Gasteiger partial charge < -0.3 is 50.0 Å². The highest BCUT2D eigenvalue weighted by Gasteiger charge is 2.44. The van der Waals surface area contributed by atoms with Crippen molar-refractivity contribution in [2.75, 3.05) is 78.2 Å². The van der Waals surface area contributed by atoms with Crippen molar-refractivity contribution in [2.45, 2.75) is 65.3 Å². The lowest BCUT2D eigenvalue weighted by atomic mass is 9.85. The van der Waals surface area contributed by atoms with Crippen molar-refractivity contribution in [1.82, 2.24) is 30.3 Å². The lowest BCUT2D eigenvalue weighted by molar-refractivity contribution is -0.144. The molecule has 74 heavy (non-hydrogen) atoms. The summed E-state index contributed by atoms with van der Waals surface area (Å²) in [5, 5.41) is 36.2. The molecule has 0 saturated carbocycles. The maximum atomic E-state index is 14.0. The third-order valence-corrected chi connectivity index (χ3v) is 14.3. The number of β-amino-alcohol motifs (C(OH)–C–C–N with tert-alkyl or cyclic N) is 1. The molecule has 7 rings (SSSR count). The van der Waals surface area contributed by atoms with Gasteiger partial charge in [0, 0.05) is 58.1 Å². The van der Waals surface area contributed by atoms with Crippen LogP contribution in [0, 0.1) is 12.3 Å². The van der Waals surface area contributed by atoms with Gasteiger partial charge in [-0.2, -0.15) is 0 Å². The van der Waals surface area contributed by atoms with Crippen LogP contribution in [0.3, 0.4) is 0 Å². The number of phenols is 2. The summed E-state index contributed by atoms with van der Waals surface area (Å²) in [6, 6.07) is 27.9. The summed E-state index contributed by atoms with van der Waals surface area (Å²) < 4.78 is 17.3. The smallest absolute Gasteiger partial charge is 0.248 e. The number of aromatic nitrogens is 1. The Morgan fingerprint density at radius 3 is 2.01 bits per heavy atom. The average molecular weight is 1050 g/mol. The number of alkyl halides is 1. The standard InChI is InChI=1S/C56H67ClN6O10S/c1-37-52(74-36-59-37)42-7-5-38(6-8-42)32-58-54(69)48-31-45(66)33-63(48)55(70)53(56(2,3)4)60-49(67)34-71-29-30-72-35-50(68)62-25-23-61(24-26-62)27-28-73-46-19-13-41(14-20-46)51(40-11-17-44(65)18-12-40)47(21-22-57)39-9-15-43(64)16-10-39/h5-20,36,45,48,53,64-66H,21-35H2,1-4H3,(H,58,69)(H,60,67)/t45-,48+,53?/m1/s1.